The molecule has 0 spiro atoms. The third-order valence-corrected chi connectivity index (χ3v) is 7.05. The van der Waals surface area contributed by atoms with Gasteiger partial charge in [-0.15, -0.1) is 11.3 Å². The van der Waals surface area contributed by atoms with Gasteiger partial charge in [0.15, 0.2) is 11.5 Å². The number of hydrogen-bond acceptors (Lipinski definition) is 7. The zero-order valence-electron chi connectivity index (χ0n) is 19.9. The molecule has 1 aromatic heterocycles. The minimum Gasteiger partial charge on any atom is -0.454 e. The summed E-state index contributed by atoms with van der Waals surface area (Å²) >= 11 is 1.58. The molecule has 2 amide bonds. The number of nitro groups is 1. The summed E-state index contributed by atoms with van der Waals surface area (Å²) < 4.78 is 10.9. The van der Waals surface area contributed by atoms with Gasteiger partial charge in [-0.05, 0) is 65.8 Å². The van der Waals surface area contributed by atoms with Crippen LogP contribution in [0.5, 0.6) is 11.5 Å². The minimum atomic E-state index is -0.468. The van der Waals surface area contributed by atoms with Crippen LogP contribution in [0.2, 0.25) is 0 Å². The van der Waals surface area contributed by atoms with Gasteiger partial charge in [0.25, 0.3) is 5.69 Å². The van der Waals surface area contributed by atoms with E-state index in [0.29, 0.717) is 30.2 Å². The number of fused-ring (bicyclic) bond motifs is 1. The summed E-state index contributed by atoms with van der Waals surface area (Å²) in [5.41, 5.74) is 1.57. The van der Waals surface area contributed by atoms with Gasteiger partial charge in [0.05, 0.1) is 11.5 Å². The van der Waals surface area contributed by atoms with Crippen molar-refractivity contribution in [1.82, 2.24) is 9.80 Å². The molecule has 0 atom stereocenters. The predicted molar refractivity (Wildman–Crippen MR) is 138 cm³/mol. The molecule has 1 saturated carbocycles. The molecule has 37 heavy (non-hydrogen) atoms. The first-order valence-electron chi connectivity index (χ1n) is 11.9. The summed E-state index contributed by atoms with van der Waals surface area (Å²) in [6, 6.07) is 15.6. The summed E-state index contributed by atoms with van der Waals surface area (Å²) in [6.45, 7) is 0.974. The van der Waals surface area contributed by atoms with Crippen molar-refractivity contribution >= 4 is 34.9 Å². The van der Waals surface area contributed by atoms with Gasteiger partial charge in [-0.3, -0.25) is 19.7 Å². The Morgan fingerprint density at radius 3 is 2.54 bits per heavy atom. The zero-order chi connectivity index (χ0) is 25.8. The molecule has 9 nitrogen and oxygen atoms in total. The van der Waals surface area contributed by atoms with Gasteiger partial charge in [0.2, 0.25) is 18.6 Å². The van der Waals surface area contributed by atoms with Crippen molar-refractivity contribution in [3.05, 3.63) is 92.2 Å². The maximum atomic E-state index is 13.5. The average Bonchev–Trinajstić information content (AvgIpc) is 3.40. The fraction of sp³-hybridized carbons (Fsp3) is 0.259. The summed E-state index contributed by atoms with van der Waals surface area (Å²) in [7, 11) is 0. The van der Waals surface area contributed by atoms with Crippen molar-refractivity contribution in [3.8, 4) is 11.5 Å². The number of benzene rings is 2. The number of hydrogen-bond donors (Lipinski definition) is 0. The number of ether oxygens (including phenoxy) is 2. The van der Waals surface area contributed by atoms with E-state index in [-0.39, 0.29) is 36.9 Å². The number of nitro benzene ring substituents is 1. The van der Waals surface area contributed by atoms with Crippen LogP contribution in [0.1, 0.15) is 28.8 Å². The van der Waals surface area contributed by atoms with Gasteiger partial charge in [-0.1, -0.05) is 12.1 Å². The van der Waals surface area contributed by atoms with Crippen LogP contribution in [0.25, 0.3) is 6.08 Å². The van der Waals surface area contributed by atoms with Gasteiger partial charge < -0.3 is 19.3 Å². The van der Waals surface area contributed by atoms with E-state index >= 15 is 0 Å². The summed E-state index contributed by atoms with van der Waals surface area (Å²) in [5, 5.41) is 12.8. The van der Waals surface area contributed by atoms with E-state index in [2.05, 4.69) is 0 Å². The fourth-order valence-electron chi connectivity index (χ4n) is 4.07. The fourth-order valence-corrected chi connectivity index (χ4v) is 4.79. The van der Waals surface area contributed by atoms with E-state index in [0.717, 1.165) is 23.3 Å². The molecule has 0 saturated heterocycles. The van der Waals surface area contributed by atoms with Crippen molar-refractivity contribution in [2.75, 3.05) is 13.3 Å². The van der Waals surface area contributed by atoms with E-state index in [1.165, 1.54) is 18.2 Å². The summed E-state index contributed by atoms with van der Waals surface area (Å²) in [5.74, 6) is 0.945. The highest BCUT2D eigenvalue weighted by Crippen LogP contribution is 2.33. The number of carbonyl (C=O) groups excluding carboxylic acids is 2. The Kier molecular flexibility index (Phi) is 7.18. The topological polar surface area (TPSA) is 102 Å². The van der Waals surface area contributed by atoms with E-state index in [1.54, 1.807) is 39.3 Å². The Morgan fingerprint density at radius 2 is 1.84 bits per heavy atom. The van der Waals surface area contributed by atoms with Crippen molar-refractivity contribution in [2.45, 2.75) is 32.0 Å². The molecule has 190 valence electrons. The first-order chi connectivity index (χ1) is 18.0. The number of carbonyl (C=O) groups is 2. The number of amides is 2. The maximum absolute atomic E-state index is 13.5. The first kappa shape index (κ1) is 24.5. The van der Waals surface area contributed by atoms with Crippen LogP contribution in [0.15, 0.2) is 66.1 Å². The molecule has 10 heteroatoms. The highest BCUT2D eigenvalue weighted by atomic mass is 32.1. The lowest BCUT2D eigenvalue weighted by Crippen LogP contribution is -2.43. The quantitative estimate of drug-likeness (QED) is 0.220. The zero-order valence-corrected chi connectivity index (χ0v) is 20.8. The van der Waals surface area contributed by atoms with Gasteiger partial charge in [-0.25, -0.2) is 0 Å². The molecule has 0 N–H and O–H groups in total. The van der Waals surface area contributed by atoms with Gasteiger partial charge in [0.1, 0.15) is 6.54 Å². The number of rotatable bonds is 10. The second kappa shape index (κ2) is 10.8. The van der Waals surface area contributed by atoms with Crippen molar-refractivity contribution in [1.29, 1.82) is 0 Å². The smallest absolute Gasteiger partial charge is 0.269 e. The maximum Gasteiger partial charge on any atom is 0.269 e. The van der Waals surface area contributed by atoms with Crippen LogP contribution < -0.4 is 9.47 Å². The Balaban J connectivity index is 1.29. The van der Waals surface area contributed by atoms with Crippen LogP contribution in [0.4, 0.5) is 5.69 Å². The number of nitrogens with zero attached hydrogens (tertiary/aromatic N) is 3. The molecular formula is C27H25N3O6S. The summed E-state index contributed by atoms with van der Waals surface area (Å²) in [6.07, 6.45) is 4.76. The molecule has 0 unspecified atom stereocenters. The molecule has 1 aliphatic heterocycles. The van der Waals surface area contributed by atoms with Gasteiger partial charge in [-0.2, -0.15) is 0 Å². The third-order valence-electron chi connectivity index (χ3n) is 6.19. The molecular weight excluding hydrogens is 494 g/mol. The van der Waals surface area contributed by atoms with E-state index in [9.17, 15) is 19.7 Å². The number of non-ortho nitro benzene ring substituents is 1. The van der Waals surface area contributed by atoms with E-state index < -0.39 is 4.92 Å². The van der Waals surface area contributed by atoms with E-state index in [4.69, 9.17) is 9.47 Å². The minimum absolute atomic E-state index is 0.0121. The second-order valence-corrected chi connectivity index (χ2v) is 9.93. The van der Waals surface area contributed by atoms with Crippen molar-refractivity contribution in [2.24, 2.45) is 0 Å². The Morgan fingerprint density at radius 1 is 1.05 bits per heavy atom. The standard InChI is InChI=1S/C27H25N3O6S/c31-26(12-6-19-3-7-22(8-4-19)30(33)34)29(21-9-10-21)17-27(32)28(16-23-2-1-13-37-23)15-20-5-11-24-25(14-20)36-18-35-24/h1-8,11-14,21H,9-10,15-18H2/b12-6+. The van der Waals surface area contributed by atoms with Crippen LogP contribution in [0, 0.1) is 10.1 Å². The lowest BCUT2D eigenvalue weighted by molar-refractivity contribution is -0.384. The van der Waals surface area contributed by atoms with Crippen LogP contribution in [-0.2, 0) is 22.7 Å². The van der Waals surface area contributed by atoms with Crippen LogP contribution in [-0.4, -0.2) is 45.9 Å². The predicted octanol–water partition coefficient (Wildman–Crippen LogP) is 4.62. The van der Waals surface area contributed by atoms with Crippen molar-refractivity contribution < 1.29 is 24.0 Å². The van der Waals surface area contributed by atoms with Gasteiger partial charge >= 0.3 is 0 Å². The highest BCUT2D eigenvalue weighted by Gasteiger charge is 2.34. The molecule has 3 aromatic rings. The van der Waals surface area contributed by atoms with Crippen LogP contribution in [0.3, 0.4) is 0 Å². The lowest BCUT2D eigenvalue weighted by atomic mass is 10.1. The normalized spacial score (nSPS) is 14.1. The Hall–Kier alpha value is -4.18. The highest BCUT2D eigenvalue weighted by molar-refractivity contribution is 7.09. The monoisotopic (exact) mass is 519 g/mol. The molecule has 5 rings (SSSR count). The SMILES string of the molecule is O=C(CN(C(=O)/C=C/c1ccc([N+](=O)[O-])cc1)C1CC1)N(Cc1ccc2c(c1)OCO2)Cc1cccs1. The van der Waals surface area contributed by atoms with Crippen molar-refractivity contribution in [3.63, 3.8) is 0 Å². The molecule has 2 heterocycles. The first-order valence-corrected chi connectivity index (χ1v) is 12.8. The Labute approximate surface area is 217 Å². The van der Waals surface area contributed by atoms with Gasteiger partial charge in [0, 0.05) is 35.7 Å². The number of thiophene rings is 1. The molecule has 0 radical (unpaired) electrons. The molecule has 1 aliphatic carbocycles. The molecule has 1 fully saturated rings. The summed E-state index contributed by atoms with van der Waals surface area (Å²) in [4.78, 5) is 41.4. The van der Waals surface area contributed by atoms with E-state index in [1.807, 2.05) is 35.7 Å². The Bertz CT molecular complexity index is 1320. The second-order valence-electron chi connectivity index (χ2n) is 8.90. The molecule has 2 aromatic carbocycles. The van der Waals surface area contributed by atoms with Crippen LogP contribution >= 0.6 is 11.3 Å². The average molecular weight is 520 g/mol. The largest absolute Gasteiger partial charge is 0.454 e. The molecule has 2 aliphatic rings. The third kappa shape index (κ3) is 6.15. The molecule has 0 bridgehead atoms. The lowest BCUT2D eigenvalue weighted by Gasteiger charge is -2.27.